The van der Waals surface area contributed by atoms with E-state index in [0.717, 1.165) is 57.6 Å². The van der Waals surface area contributed by atoms with Crippen LogP contribution in [0.3, 0.4) is 0 Å². The molecule has 0 unspecified atom stereocenters. The number of halogens is 2. The summed E-state index contributed by atoms with van der Waals surface area (Å²) in [5, 5.41) is 3.90. The summed E-state index contributed by atoms with van der Waals surface area (Å²) in [6.07, 6.45) is 8.76. The molecule has 2 aliphatic carbocycles. The minimum atomic E-state index is 0.00835. The number of allylic oxidation sites excluding steroid dienone is 2. The Kier molecular flexibility index (Phi) is 5.99. The standard InChI is InChI=1S/C27H22BrClN2O/c28-22-6-8-24-21(15-22)17-25(20-13-18-5-7-23(29)16-19(18)14-20)26(24)27(32)30-9-4-12-31-10-2-1-3-11-31/h1-3,5-8,10-11,14-16H,4,9,12-13,17H2/p+1. The summed E-state index contributed by atoms with van der Waals surface area (Å²) in [5.41, 5.74) is 7.78. The van der Waals surface area contributed by atoms with Crippen molar-refractivity contribution in [3.05, 3.63) is 110 Å². The third-order valence-electron chi connectivity index (χ3n) is 6.09. The van der Waals surface area contributed by atoms with Crippen LogP contribution in [0.25, 0.3) is 11.6 Å². The van der Waals surface area contributed by atoms with E-state index < -0.39 is 0 Å². The first-order chi connectivity index (χ1) is 15.6. The van der Waals surface area contributed by atoms with E-state index in [0.29, 0.717) is 6.54 Å². The Morgan fingerprint density at radius 2 is 1.88 bits per heavy atom. The fourth-order valence-corrected chi connectivity index (χ4v) is 5.15. The zero-order chi connectivity index (χ0) is 22.1. The molecule has 1 aromatic heterocycles. The first kappa shape index (κ1) is 21.2. The average molecular weight is 507 g/mol. The maximum absolute atomic E-state index is 13.4. The van der Waals surface area contributed by atoms with E-state index in [4.69, 9.17) is 11.6 Å². The van der Waals surface area contributed by atoms with Crippen molar-refractivity contribution < 1.29 is 9.36 Å². The van der Waals surface area contributed by atoms with E-state index in [1.807, 2.05) is 48.8 Å². The fraction of sp³-hybridized carbons (Fsp3) is 0.185. The highest BCUT2D eigenvalue weighted by Gasteiger charge is 2.30. The molecule has 5 rings (SSSR count). The maximum Gasteiger partial charge on any atom is 0.252 e. The molecule has 0 radical (unpaired) electrons. The van der Waals surface area contributed by atoms with Crippen LogP contribution in [0, 0.1) is 0 Å². The van der Waals surface area contributed by atoms with Crippen molar-refractivity contribution in [3.63, 3.8) is 0 Å². The van der Waals surface area contributed by atoms with E-state index in [-0.39, 0.29) is 5.91 Å². The van der Waals surface area contributed by atoms with E-state index >= 15 is 0 Å². The Labute approximate surface area is 201 Å². The third kappa shape index (κ3) is 4.30. The van der Waals surface area contributed by atoms with Gasteiger partial charge in [0.1, 0.15) is 6.54 Å². The van der Waals surface area contributed by atoms with Crippen molar-refractivity contribution in [2.75, 3.05) is 6.54 Å². The number of carbonyl (C=O) groups is 1. The quantitative estimate of drug-likeness (QED) is 0.345. The lowest BCUT2D eigenvalue weighted by atomic mass is 9.98. The molecule has 0 saturated carbocycles. The molecule has 5 heteroatoms. The Morgan fingerprint density at radius 3 is 2.72 bits per heavy atom. The number of pyridine rings is 1. The third-order valence-corrected chi connectivity index (χ3v) is 6.82. The molecule has 1 heterocycles. The van der Waals surface area contributed by atoms with Gasteiger partial charge in [0.05, 0.1) is 5.57 Å². The first-order valence-corrected chi connectivity index (χ1v) is 12.0. The van der Waals surface area contributed by atoms with Gasteiger partial charge >= 0.3 is 0 Å². The second kappa shape index (κ2) is 9.05. The second-order valence-corrected chi connectivity index (χ2v) is 9.60. The van der Waals surface area contributed by atoms with Gasteiger partial charge in [0.15, 0.2) is 12.4 Å². The summed E-state index contributed by atoms with van der Waals surface area (Å²) in [6, 6.07) is 18.3. The summed E-state index contributed by atoms with van der Waals surface area (Å²) in [6.45, 7) is 1.51. The molecule has 3 nitrogen and oxygen atoms in total. The van der Waals surface area contributed by atoms with Gasteiger partial charge in [-0.05, 0) is 70.5 Å². The van der Waals surface area contributed by atoms with Gasteiger partial charge in [-0.2, -0.15) is 0 Å². The van der Waals surface area contributed by atoms with Gasteiger partial charge in [-0.15, -0.1) is 0 Å². The van der Waals surface area contributed by atoms with Crippen LogP contribution in [0.1, 0.15) is 28.7 Å². The lowest BCUT2D eigenvalue weighted by molar-refractivity contribution is -0.697. The number of benzene rings is 2. The zero-order valence-corrected chi connectivity index (χ0v) is 19.9. The van der Waals surface area contributed by atoms with E-state index in [1.165, 1.54) is 16.7 Å². The number of rotatable bonds is 6. The highest BCUT2D eigenvalue weighted by molar-refractivity contribution is 9.10. The molecule has 0 atom stereocenters. The predicted molar refractivity (Wildman–Crippen MR) is 132 cm³/mol. The summed E-state index contributed by atoms with van der Waals surface area (Å²) in [4.78, 5) is 13.4. The molecule has 160 valence electrons. The first-order valence-electron chi connectivity index (χ1n) is 10.8. The number of aryl methyl sites for hydroxylation is 1. The van der Waals surface area contributed by atoms with Crippen LogP contribution in [0.4, 0.5) is 0 Å². The molecule has 2 aromatic carbocycles. The number of hydrogen-bond donors (Lipinski definition) is 1. The molecule has 1 N–H and O–H groups in total. The highest BCUT2D eigenvalue weighted by atomic mass is 79.9. The molecule has 0 fully saturated rings. The van der Waals surface area contributed by atoms with Crippen LogP contribution in [0.5, 0.6) is 0 Å². The Bertz CT molecular complexity index is 1260. The number of nitrogens with zero attached hydrogens (tertiary/aromatic N) is 1. The number of carbonyl (C=O) groups excluding carboxylic acids is 1. The lowest BCUT2D eigenvalue weighted by Crippen LogP contribution is -2.35. The average Bonchev–Trinajstić information content (AvgIpc) is 3.37. The predicted octanol–water partition coefficient (Wildman–Crippen LogP) is 5.55. The Balaban J connectivity index is 1.38. The molecule has 3 aromatic rings. The topological polar surface area (TPSA) is 33.0 Å². The summed E-state index contributed by atoms with van der Waals surface area (Å²) in [5.74, 6) is 0.00835. The van der Waals surface area contributed by atoms with Crippen molar-refractivity contribution in [3.8, 4) is 0 Å². The molecular weight excluding hydrogens is 484 g/mol. The minimum absolute atomic E-state index is 0.00835. The SMILES string of the molecule is O=C(NCCC[n+]1ccccc1)C1=C(C2=Cc3cc(Cl)ccc3C2)Cc2cc(Br)ccc21. The smallest absolute Gasteiger partial charge is 0.252 e. The number of aromatic nitrogens is 1. The van der Waals surface area contributed by atoms with Gasteiger partial charge in [0.2, 0.25) is 0 Å². The molecule has 2 aliphatic rings. The zero-order valence-electron chi connectivity index (χ0n) is 17.6. The summed E-state index contributed by atoms with van der Waals surface area (Å²) >= 11 is 9.78. The van der Waals surface area contributed by atoms with Crippen molar-refractivity contribution in [1.82, 2.24) is 5.32 Å². The van der Waals surface area contributed by atoms with Crippen LogP contribution in [-0.2, 0) is 24.2 Å². The Morgan fingerprint density at radius 1 is 1.03 bits per heavy atom. The van der Waals surface area contributed by atoms with Crippen molar-refractivity contribution in [1.29, 1.82) is 0 Å². The molecule has 0 saturated heterocycles. The monoisotopic (exact) mass is 505 g/mol. The molecule has 0 spiro atoms. The van der Waals surface area contributed by atoms with E-state index in [2.05, 4.69) is 50.1 Å². The van der Waals surface area contributed by atoms with Gasteiger partial charge in [0.25, 0.3) is 5.91 Å². The summed E-state index contributed by atoms with van der Waals surface area (Å²) < 4.78 is 3.16. The van der Waals surface area contributed by atoms with Gasteiger partial charge in [-0.3, -0.25) is 4.79 Å². The van der Waals surface area contributed by atoms with Crippen LogP contribution in [0.15, 0.2) is 82.6 Å². The second-order valence-electron chi connectivity index (χ2n) is 8.24. The number of hydrogen-bond acceptors (Lipinski definition) is 1. The normalized spacial score (nSPS) is 14.2. The molecule has 32 heavy (non-hydrogen) atoms. The van der Waals surface area contributed by atoms with E-state index in [1.54, 1.807) is 0 Å². The molecule has 0 aliphatic heterocycles. The largest absolute Gasteiger partial charge is 0.352 e. The van der Waals surface area contributed by atoms with Crippen LogP contribution < -0.4 is 9.88 Å². The van der Waals surface area contributed by atoms with Gasteiger partial charge in [0, 0.05) is 34.6 Å². The van der Waals surface area contributed by atoms with Crippen LogP contribution in [0.2, 0.25) is 5.02 Å². The van der Waals surface area contributed by atoms with Gasteiger partial charge in [-0.1, -0.05) is 51.8 Å². The fourth-order valence-electron chi connectivity index (χ4n) is 4.56. The molecule has 0 bridgehead atoms. The van der Waals surface area contributed by atoms with Crippen LogP contribution >= 0.6 is 27.5 Å². The van der Waals surface area contributed by atoms with Crippen molar-refractivity contribution >= 4 is 45.1 Å². The summed E-state index contributed by atoms with van der Waals surface area (Å²) in [7, 11) is 0. The Hall–Kier alpha value is -2.69. The van der Waals surface area contributed by atoms with E-state index in [9.17, 15) is 4.79 Å². The van der Waals surface area contributed by atoms with Crippen molar-refractivity contribution in [2.24, 2.45) is 0 Å². The van der Waals surface area contributed by atoms with Crippen molar-refractivity contribution in [2.45, 2.75) is 25.8 Å². The molecule has 1 amide bonds. The minimum Gasteiger partial charge on any atom is -0.352 e. The number of amides is 1. The van der Waals surface area contributed by atoms with Crippen LogP contribution in [-0.4, -0.2) is 12.5 Å². The van der Waals surface area contributed by atoms with Gasteiger partial charge < -0.3 is 5.32 Å². The number of fused-ring (bicyclic) bond motifs is 2. The highest BCUT2D eigenvalue weighted by Crippen LogP contribution is 2.42. The maximum atomic E-state index is 13.4. The lowest BCUT2D eigenvalue weighted by Gasteiger charge is -2.11. The molecular formula is C27H23BrClN2O+. The van der Waals surface area contributed by atoms with Gasteiger partial charge in [-0.25, -0.2) is 4.57 Å². The number of nitrogens with one attached hydrogen (secondary N) is 1.